The zero-order chi connectivity index (χ0) is 10.4. The van der Waals surface area contributed by atoms with Crippen LogP contribution in [-0.4, -0.2) is 17.0 Å². The van der Waals surface area contributed by atoms with E-state index < -0.39 is 6.04 Å². The van der Waals surface area contributed by atoms with E-state index in [0.29, 0.717) is 6.42 Å². The smallest absolute Gasteiger partial charge is 0.323 e. The second-order valence-corrected chi connectivity index (χ2v) is 2.94. The summed E-state index contributed by atoms with van der Waals surface area (Å²) in [6, 6.07) is 4.92. The van der Waals surface area contributed by atoms with Crippen molar-refractivity contribution in [2.75, 3.05) is 0 Å². The Morgan fingerprint density at radius 2 is 2.43 bits per heavy atom. The highest BCUT2D eigenvalue weighted by atomic mass is 16.5. The van der Waals surface area contributed by atoms with Crippen molar-refractivity contribution in [3.05, 3.63) is 30.1 Å². The second-order valence-electron chi connectivity index (χ2n) is 2.94. The Bertz CT molecular complexity index is 287. The van der Waals surface area contributed by atoms with E-state index in [-0.39, 0.29) is 12.6 Å². The van der Waals surface area contributed by atoms with Crippen LogP contribution in [0, 0.1) is 0 Å². The van der Waals surface area contributed by atoms with Crippen LogP contribution in [0.4, 0.5) is 0 Å². The Labute approximate surface area is 83.1 Å². The van der Waals surface area contributed by atoms with Crippen LogP contribution in [0.25, 0.3) is 0 Å². The van der Waals surface area contributed by atoms with Gasteiger partial charge in [-0.15, -0.1) is 0 Å². The molecule has 1 rings (SSSR count). The predicted molar refractivity (Wildman–Crippen MR) is 52.3 cm³/mol. The zero-order valence-corrected chi connectivity index (χ0v) is 8.14. The van der Waals surface area contributed by atoms with Gasteiger partial charge in [-0.05, 0) is 18.6 Å². The number of rotatable bonds is 4. The lowest BCUT2D eigenvalue weighted by Crippen LogP contribution is -2.31. The van der Waals surface area contributed by atoms with Crippen LogP contribution < -0.4 is 5.73 Å². The van der Waals surface area contributed by atoms with E-state index in [2.05, 4.69) is 4.98 Å². The molecule has 1 unspecified atom stereocenters. The van der Waals surface area contributed by atoms with E-state index in [1.807, 2.05) is 19.1 Å². The topological polar surface area (TPSA) is 65.2 Å². The molecule has 0 fully saturated rings. The molecule has 0 aliphatic carbocycles. The molecule has 1 atom stereocenters. The number of nitrogens with two attached hydrogens (primary N) is 1. The molecule has 1 heterocycles. The number of carbonyl (C=O) groups excluding carboxylic acids is 1. The number of nitrogens with zero attached hydrogens (tertiary/aromatic N) is 1. The van der Waals surface area contributed by atoms with Crippen LogP contribution in [-0.2, 0) is 16.1 Å². The van der Waals surface area contributed by atoms with E-state index in [1.54, 1.807) is 12.3 Å². The van der Waals surface area contributed by atoms with Crippen molar-refractivity contribution < 1.29 is 9.53 Å². The highest BCUT2D eigenvalue weighted by Crippen LogP contribution is 1.98. The SMILES string of the molecule is CCC(N)C(=O)OCc1ccccn1. The van der Waals surface area contributed by atoms with Gasteiger partial charge in [0.15, 0.2) is 0 Å². The predicted octanol–water partition coefficient (Wildman–Crippen LogP) is 0.862. The van der Waals surface area contributed by atoms with Crippen LogP contribution in [0.3, 0.4) is 0 Å². The van der Waals surface area contributed by atoms with Crippen molar-refractivity contribution in [1.29, 1.82) is 0 Å². The Balaban J connectivity index is 2.38. The lowest BCUT2D eigenvalue weighted by molar-refractivity contribution is -0.146. The molecule has 1 aromatic rings. The van der Waals surface area contributed by atoms with Crippen molar-refractivity contribution in [3.63, 3.8) is 0 Å². The molecule has 4 nitrogen and oxygen atoms in total. The average Bonchev–Trinajstić information content (AvgIpc) is 2.26. The molecule has 1 aromatic heterocycles. The average molecular weight is 194 g/mol. The Hall–Kier alpha value is -1.42. The molecule has 0 radical (unpaired) electrons. The summed E-state index contributed by atoms with van der Waals surface area (Å²) < 4.78 is 4.95. The number of esters is 1. The maximum Gasteiger partial charge on any atom is 0.323 e. The largest absolute Gasteiger partial charge is 0.458 e. The molecule has 0 spiro atoms. The molecule has 14 heavy (non-hydrogen) atoms. The van der Waals surface area contributed by atoms with Crippen LogP contribution in [0.5, 0.6) is 0 Å². The number of hydrogen-bond donors (Lipinski definition) is 1. The van der Waals surface area contributed by atoms with Gasteiger partial charge < -0.3 is 10.5 Å². The summed E-state index contributed by atoms with van der Waals surface area (Å²) in [4.78, 5) is 15.2. The van der Waals surface area contributed by atoms with Crippen molar-refractivity contribution in [3.8, 4) is 0 Å². The fourth-order valence-electron chi connectivity index (χ4n) is 0.902. The number of hydrogen-bond acceptors (Lipinski definition) is 4. The van der Waals surface area contributed by atoms with Crippen molar-refractivity contribution in [2.24, 2.45) is 5.73 Å². The molecule has 0 aromatic carbocycles. The molecule has 76 valence electrons. The fourth-order valence-corrected chi connectivity index (χ4v) is 0.902. The highest BCUT2D eigenvalue weighted by molar-refractivity contribution is 5.75. The maximum atomic E-state index is 11.2. The summed E-state index contributed by atoms with van der Waals surface area (Å²) in [6.45, 7) is 2.03. The minimum absolute atomic E-state index is 0.188. The van der Waals surface area contributed by atoms with Gasteiger partial charge in [-0.3, -0.25) is 9.78 Å². The molecule has 0 saturated carbocycles. The van der Waals surface area contributed by atoms with E-state index in [9.17, 15) is 4.79 Å². The van der Waals surface area contributed by atoms with E-state index in [0.717, 1.165) is 5.69 Å². The van der Waals surface area contributed by atoms with Crippen molar-refractivity contribution in [1.82, 2.24) is 4.98 Å². The second kappa shape index (κ2) is 5.34. The molecule has 4 heteroatoms. The van der Waals surface area contributed by atoms with Gasteiger partial charge in [0.1, 0.15) is 12.6 Å². The third-order valence-corrected chi connectivity index (χ3v) is 1.83. The monoisotopic (exact) mass is 194 g/mol. The van der Waals surface area contributed by atoms with E-state index in [4.69, 9.17) is 10.5 Å². The summed E-state index contributed by atoms with van der Waals surface area (Å²) in [5, 5.41) is 0. The zero-order valence-electron chi connectivity index (χ0n) is 8.14. The van der Waals surface area contributed by atoms with Crippen molar-refractivity contribution in [2.45, 2.75) is 26.0 Å². The Kier molecular flexibility index (Phi) is 4.07. The summed E-state index contributed by atoms with van der Waals surface area (Å²) in [5.41, 5.74) is 6.21. The number of ether oxygens (including phenoxy) is 1. The molecule has 2 N–H and O–H groups in total. The number of pyridine rings is 1. The molecule has 0 amide bonds. The molecular weight excluding hydrogens is 180 g/mol. The standard InChI is InChI=1S/C10H14N2O2/c1-2-9(11)10(13)14-7-8-5-3-4-6-12-8/h3-6,9H,2,7,11H2,1H3. The van der Waals surface area contributed by atoms with E-state index >= 15 is 0 Å². The minimum Gasteiger partial charge on any atom is -0.458 e. The first-order valence-electron chi connectivity index (χ1n) is 4.56. The van der Waals surface area contributed by atoms with Gasteiger partial charge in [-0.1, -0.05) is 13.0 Å². The van der Waals surface area contributed by atoms with Crippen molar-refractivity contribution >= 4 is 5.97 Å². The summed E-state index contributed by atoms with van der Waals surface area (Å²) >= 11 is 0. The summed E-state index contributed by atoms with van der Waals surface area (Å²) in [7, 11) is 0. The first kappa shape index (κ1) is 10.7. The van der Waals surface area contributed by atoms with Gasteiger partial charge in [0.05, 0.1) is 5.69 Å². The van der Waals surface area contributed by atoms with Gasteiger partial charge in [-0.25, -0.2) is 0 Å². The number of carbonyl (C=O) groups is 1. The third kappa shape index (κ3) is 3.14. The van der Waals surface area contributed by atoms with Gasteiger partial charge >= 0.3 is 5.97 Å². The normalized spacial score (nSPS) is 12.1. The lowest BCUT2D eigenvalue weighted by atomic mass is 10.2. The van der Waals surface area contributed by atoms with Crippen LogP contribution >= 0.6 is 0 Å². The van der Waals surface area contributed by atoms with Gasteiger partial charge in [0, 0.05) is 6.20 Å². The Morgan fingerprint density at radius 1 is 1.64 bits per heavy atom. The lowest BCUT2D eigenvalue weighted by Gasteiger charge is -2.08. The molecular formula is C10H14N2O2. The van der Waals surface area contributed by atoms with Crippen LogP contribution in [0.15, 0.2) is 24.4 Å². The first-order chi connectivity index (χ1) is 6.74. The van der Waals surface area contributed by atoms with Gasteiger partial charge in [0.25, 0.3) is 0 Å². The first-order valence-corrected chi connectivity index (χ1v) is 4.56. The Morgan fingerprint density at radius 3 is 3.00 bits per heavy atom. The molecule has 0 aliphatic rings. The molecule has 0 aliphatic heterocycles. The van der Waals surface area contributed by atoms with Gasteiger partial charge in [0.2, 0.25) is 0 Å². The third-order valence-electron chi connectivity index (χ3n) is 1.83. The molecule has 0 saturated heterocycles. The molecule has 0 bridgehead atoms. The van der Waals surface area contributed by atoms with Gasteiger partial charge in [-0.2, -0.15) is 0 Å². The minimum atomic E-state index is -0.529. The quantitative estimate of drug-likeness (QED) is 0.722. The maximum absolute atomic E-state index is 11.2. The summed E-state index contributed by atoms with van der Waals surface area (Å²) in [6.07, 6.45) is 2.24. The fraction of sp³-hybridized carbons (Fsp3) is 0.400. The van der Waals surface area contributed by atoms with Crippen LogP contribution in [0.1, 0.15) is 19.0 Å². The highest BCUT2D eigenvalue weighted by Gasteiger charge is 2.12. The number of aromatic nitrogens is 1. The van der Waals surface area contributed by atoms with Crippen LogP contribution in [0.2, 0.25) is 0 Å². The summed E-state index contributed by atoms with van der Waals surface area (Å²) in [5.74, 6) is -0.377. The van der Waals surface area contributed by atoms with E-state index in [1.165, 1.54) is 0 Å².